The summed E-state index contributed by atoms with van der Waals surface area (Å²) >= 11 is 12.5. The van der Waals surface area contributed by atoms with Crippen molar-refractivity contribution in [3.63, 3.8) is 0 Å². The van der Waals surface area contributed by atoms with Crippen LogP contribution >= 0.6 is 23.2 Å². The Hall–Kier alpha value is -3.85. The van der Waals surface area contributed by atoms with Gasteiger partial charge < -0.3 is 9.64 Å². The normalized spacial score (nSPS) is 14.7. The Kier molecular flexibility index (Phi) is 9.63. The lowest BCUT2D eigenvalue weighted by atomic mass is 9.93. The lowest BCUT2D eigenvalue weighted by molar-refractivity contribution is -0.147. The van der Waals surface area contributed by atoms with Crippen LogP contribution in [-0.2, 0) is 22.1 Å². The third-order valence-electron chi connectivity index (χ3n) is 7.78. The van der Waals surface area contributed by atoms with E-state index in [4.69, 9.17) is 27.9 Å². The largest absolute Gasteiger partial charge is 0.468 e. The van der Waals surface area contributed by atoms with Crippen molar-refractivity contribution in [3.8, 4) is 11.1 Å². The fraction of sp³-hybridized carbons (Fsp3) is 0.235. The molecule has 1 aliphatic heterocycles. The molecule has 44 heavy (non-hydrogen) atoms. The second kappa shape index (κ2) is 13.4. The zero-order valence-electron chi connectivity index (χ0n) is 23.8. The van der Waals surface area contributed by atoms with E-state index in [1.807, 2.05) is 29.2 Å². The van der Waals surface area contributed by atoms with Gasteiger partial charge in [0, 0.05) is 53.9 Å². The number of anilines is 1. The predicted octanol–water partition coefficient (Wildman–Crippen LogP) is 8.14. The molecular formula is C34H29Cl2F3N2O3. The van der Waals surface area contributed by atoms with Crippen molar-refractivity contribution >= 4 is 40.6 Å². The van der Waals surface area contributed by atoms with Crippen LogP contribution in [0.25, 0.3) is 11.1 Å². The van der Waals surface area contributed by atoms with Gasteiger partial charge in [0.15, 0.2) is 5.78 Å². The lowest BCUT2D eigenvalue weighted by Gasteiger charge is -2.39. The van der Waals surface area contributed by atoms with Crippen molar-refractivity contribution in [2.75, 3.05) is 38.2 Å². The van der Waals surface area contributed by atoms with E-state index in [-0.39, 0.29) is 12.2 Å². The van der Waals surface area contributed by atoms with Gasteiger partial charge in [-0.2, -0.15) is 13.2 Å². The third kappa shape index (κ3) is 7.09. The number of esters is 1. The second-order valence-corrected chi connectivity index (χ2v) is 11.3. The summed E-state index contributed by atoms with van der Waals surface area (Å²) in [5, 5.41) is 0.892. The van der Waals surface area contributed by atoms with Gasteiger partial charge in [0.25, 0.3) is 0 Å². The van der Waals surface area contributed by atoms with Crippen LogP contribution in [0.2, 0.25) is 10.0 Å². The number of halogens is 5. The summed E-state index contributed by atoms with van der Waals surface area (Å²) in [5.41, 5.74) is 3.31. The lowest BCUT2D eigenvalue weighted by Crippen LogP contribution is -2.49. The molecule has 228 valence electrons. The molecule has 0 aliphatic carbocycles. The van der Waals surface area contributed by atoms with Gasteiger partial charge in [-0.25, -0.2) is 4.79 Å². The number of carbonyl (C=O) groups is 2. The molecule has 4 aromatic carbocycles. The maximum atomic E-state index is 13.3. The van der Waals surface area contributed by atoms with Crippen LogP contribution in [0.15, 0.2) is 91.0 Å². The first-order valence-corrected chi connectivity index (χ1v) is 14.7. The van der Waals surface area contributed by atoms with Gasteiger partial charge in [0.1, 0.15) is 6.04 Å². The highest BCUT2D eigenvalue weighted by Gasteiger charge is 2.33. The van der Waals surface area contributed by atoms with Gasteiger partial charge in [-0.3, -0.25) is 9.69 Å². The Morgan fingerprint density at radius 1 is 0.864 bits per heavy atom. The van der Waals surface area contributed by atoms with E-state index in [2.05, 4.69) is 4.90 Å². The minimum Gasteiger partial charge on any atom is -0.468 e. The van der Waals surface area contributed by atoms with Gasteiger partial charge in [-0.05, 0) is 58.7 Å². The molecule has 10 heteroatoms. The zero-order valence-corrected chi connectivity index (χ0v) is 25.3. The predicted molar refractivity (Wildman–Crippen MR) is 166 cm³/mol. The molecule has 0 saturated carbocycles. The molecule has 0 spiro atoms. The van der Waals surface area contributed by atoms with Gasteiger partial charge >= 0.3 is 12.1 Å². The molecule has 0 bridgehead atoms. The fourth-order valence-corrected chi connectivity index (χ4v) is 5.98. The SMILES string of the molecule is COC(=O)C(c1ccc(Cl)cc1Cl)N1CCN(c2ccc(CC(=O)c3ccccc3-c3ccc(C(F)(F)F)cc3)cc2)CC1. The Morgan fingerprint density at radius 3 is 2.14 bits per heavy atom. The molecule has 5 rings (SSSR count). The Balaban J connectivity index is 1.24. The number of methoxy groups -OCH3 is 1. The van der Waals surface area contributed by atoms with E-state index in [0.29, 0.717) is 58.5 Å². The van der Waals surface area contributed by atoms with Crippen molar-refractivity contribution < 1.29 is 27.5 Å². The maximum absolute atomic E-state index is 13.3. The van der Waals surface area contributed by atoms with E-state index in [1.54, 1.807) is 42.5 Å². The van der Waals surface area contributed by atoms with Crippen molar-refractivity contribution in [3.05, 3.63) is 123 Å². The Labute approximate surface area is 263 Å². The molecule has 1 saturated heterocycles. The Bertz CT molecular complexity index is 1640. The number of benzene rings is 4. The number of Topliss-reactive ketones (excluding diaryl/α,β-unsaturated/α-hetero) is 1. The van der Waals surface area contributed by atoms with Crippen LogP contribution in [0.5, 0.6) is 0 Å². The summed E-state index contributed by atoms with van der Waals surface area (Å²) in [7, 11) is 1.36. The molecule has 0 radical (unpaired) electrons. The summed E-state index contributed by atoms with van der Waals surface area (Å²) in [6, 6.07) is 23.9. The summed E-state index contributed by atoms with van der Waals surface area (Å²) in [6.45, 7) is 2.52. The van der Waals surface area contributed by atoms with E-state index in [9.17, 15) is 22.8 Å². The Morgan fingerprint density at radius 2 is 1.52 bits per heavy atom. The van der Waals surface area contributed by atoms with E-state index >= 15 is 0 Å². The van der Waals surface area contributed by atoms with Gasteiger partial charge in [0.05, 0.1) is 12.7 Å². The maximum Gasteiger partial charge on any atom is 0.416 e. The van der Waals surface area contributed by atoms with Crippen LogP contribution in [-0.4, -0.2) is 49.9 Å². The van der Waals surface area contributed by atoms with Gasteiger partial charge in [-0.1, -0.05) is 77.8 Å². The first-order chi connectivity index (χ1) is 21.0. The van der Waals surface area contributed by atoms with Crippen LogP contribution in [0.3, 0.4) is 0 Å². The van der Waals surface area contributed by atoms with Crippen LogP contribution in [0, 0.1) is 0 Å². The van der Waals surface area contributed by atoms with E-state index in [1.165, 1.54) is 19.2 Å². The highest BCUT2D eigenvalue weighted by Crippen LogP contribution is 2.34. The molecule has 5 nitrogen and oxygen atoms in total. The first kappa shape index (κ1) is 31.6. The summed E-state index contributed by atoms with van der Waals surface area (Å²) < 4.78 is 44.1. The van der Waals surface area contributed by atoms with Crippen molar-refractivity contribution in [1.82, 2.24) is 4.90 Å². The number of nitrogens with zero attached hydrogens (tertiary/aromatic N) is 2. The first-order valence-electron chi connectivity index (χ1n) is 14.0. The number of hydrogen-bond donors (Lipinski definition) is 0. The standard InChI is InChI=1S/C34H29Cl2F3N2O3/c1-44-33(43)32(29-15-12-25(35)21-30(29)36)41-18-16-40(17-19-41)26-13-6-22(7-14-26)20-31(42)28-5-3-2-4-27(28)23-8-10-24(11-9-23)34(37,38)39/h2-15,21,32H,16-20H2,1H3. The topological polar surface area (TPSA) is 49.9 Å². The highest BCUT2D eigenvalue weighted by molar-refractivity contribution is 6.35. The smallest absolute Gasteiger partial charge is 0.416 e. The average molecular weight is 642 g/mol. The van der Waals surface area contributed by atoms with E-state index in [0.717, 1.165) is 23.4 Å². The summed E-state index contributed by atoms with van der Waals surface area (Å²) in [6.07, 6.45) is -4.28. The molecule has 0 N–H and O–H groups in total. The third-order valence-corrected chi connectivity index (χ3v) is 8.34. The van der Waals surface area contributed by atoms with Gasteiger partial charge in [0.2, 0.25) is 0 Å². The number of ether oxygens (including phenoxy) is 1. The molecule has 1 aliphatic rings. The second-order valence-electron chi connectivity index (χ2n) is 10.5. The summed E-state index contributed by atoms with van der Waals surface area (Å²) in [5.74, 6) is -0.520. The molecule has 4 aromatic rings. The minimum atomic E-state index is -4.43. The van der Waals surface area contributed by atoms with Crippen LogP contribution in [0.4, 0.5) is 18.9 Å². The van der Waals surface area contributed by atoms with E-state index < -0.39 is 23.8 Å². The van der Waals surface area contributed by atoms with Crippen molar-refractivity contribution in [2.24, 2.45) is 0 Å². The molecule has 1 unspecified atom stereocenters. The van der Waals surface area contributed by atoms with Crippen LogP contribution < -0.4 is 4.90 Å². The number of carbonyl (C=O) groups excluding carboxylic acids is 2. The molecule has 1 atom stereocenters. The fourth-order valence-electron chi connectivity index (χ4n) is 5.47. The van der Waals surface area contributed by atoms with Crippen molar-refractivity contribution in [2.45, 2.75) is 18.6 Å². The molecule has 0 aromatic heterocycles. The quantitative estimate of drug-likeness (QED) is 0.144. The molecule has 1 fully saturated rings. The number of rotatable bonds is 8. The molecule has 1 heterocycles. The van der Waals surface area contributed by atoms with Crippen LogP contribution in [0.1, 0.15) is 33.1 Å². The number of piperazine rings is 1. The zero-order chi connectivity index (χ0) is 31.4. The minimum absolute atomic E-state index is 0.128. The van der Waals surface area contributed by atoms with Gasteiger partial charge in [-0.15, -0.1) is 0 Å². The molecular weight excluding hydrogens is 612 g/mol. The van der Waals surface area contributed by atoms with Crippen molar-refractivity contribution in [1.29, 1.82) is 0 Å². The molecule has 0 amide bonds. The average Bonchev–Trinajstić information content (AvgIpc) is 3.02. The highest BCUT2D eigenvalue weighted by atomic mass is 35.5. The monoisotopic (exact) mass is 640 g/mol. The number of alkyl halides is 3. The summed E-state index contributed by atoms with van der Waals surface area (Å²) in [4.78, 5) is 30.3. The number of hydrogen-bond acceptors (Lipinski definition) is 5. The number of ketones is 1.